The third-order valence-corrected chi connectivity index (χ3v) is 5.11. The second kappa shape index (κ2) is 7.06. The lowest BCUT2D eigenvalue weighted by Gasteiger charge is -2.07. The van der Waals surface area contributed by atoms with Crippen molar-refractivity contribution >= 4 is 28.2 Å². The minimum Gasteiger partial charge on any atom is -0.353 e. The van der Waals surface area contributed by atoms with Crippen LogP contribution >= 0.6 is 23.1 Å². The Morgan fingerprint density at radius 3 is 2.70 bits per heavy atom. The van der Waals surface area contributed by atoms with Gasteiger partial charge in [0.2, 0.25) is 5.13 Å². The van der Waals surface area contributed by atoms with E-state index in [2.05, 4.69) is 47.6 Å². The molecule has 0 aliphatic rings. The molecule has 20 heavy (non-hydrogen) atoms. The molecule has 0 spiro atoms. The van der Waals surface area contributed by atoms with Crippen molar-refractivity contribution in [3.05, 3.63) is 29.3 Å². The fraction of sp³-hybridized carbons (Fsp3) is 0.429. The maximum absolute atomic E-state index is 4.22. The summed E-state index contributed by atoms with van der Waals surface area (Å²) in [5, 5.41) is 12.7. The lowest BCUT2D eigenvalue weighted by Crippen LogP contribution is -2.11. The van der Waals surface area contributed by atoms with Crippen molar-refractivity contribution in [3.8, 4) is 0 Å². The van der Waals surface area contributed by atoms with Crippen LogP contribution in [0.1, 0.15) is 18.1 Å². The molecule has 0 radical (unpaired) electrons. The van der Waals surface area contributed by atoms with Gasteiger partial charge in [0, 0.05) is 25.5 Å². The quantitative estimate of drug-likeness (QED) is 0.887. The summed E-state index contributed by atoms with van der Waals surface area (Å²) in [6, 6.07) is 6.58. The Bertz CT molecular complexity index is 566. The highest BCUT2D eigenvalue weighted by molar-refractivity contribution is 8.01. The maximum atomic E-state index is 4.22. The van der Waals surface area contributed by atoms with E-state index in [1.54, 1.807) is 23.1 Å². The first-order chi connectivity index (χ1) is 9.60. The first-order valence-corrected chi connectivity index (χ1v) is 8.22. The number of nitrogens with zero attached hydrogens (tertiary/aromatic N) is 3. The molecule has 4 nitrogen and oxygen atoms in total. The Morgan fingerprint density at radius 2 is 2.10 bits per heavy atom. The van der Waals surface area contributed by atoms with Gasteiger partial charge in [0.15, 0.2) is 4.34 Å². The summed E-state index contributed by atoms with van der Waals surface area (Å²) in [5.74, 6) is 0. The van der Waals surface area contributed by atoms with E-state index in [9.17, 15) is 0 Å². The number of rotatable bonds is 6. The van der Waals surface area contributed by atoms with Gasteiger partial charge in [0.05, 0.1) is 0 Å². The van der Waals surface area contributed by atoms with Gasteiger partial charge in [-0.1, -0.05) is 42.2 Å². The predicted octanol–water partition coefficient (Wildman–Crippen LogP) is 3.17. The number of aromatic nitrogens is 2. The molecular weight excluding hydrogens is 288 g/mol. The van der Waals surface area contributed by atoms with Crippen LogP contribution in [-0.2, 0) is 6.54 Å². The van der Waals surface area contributed by atoms with Crippen LogP contribution in [0, 0.1) is 6.92 Å². The van der Waals surface area contributed by atoms with Crippen molar-refractivity contribution in [2.75, 3.05) is 25.5 Å². The largest absolute Gasteiger partial charge is 0.353 e. The summed E-state index contributed by atoms with van der Waals surface area (Å²) >= 11 is 3.30. The zero-order valence-corrected chi connectivity index (χ0v) is 13.9. The zero-order chi connectivity index (χ0) is 14.5. The van der Waals surface area contributed by atoms with E-state index in [-0.39, 0.29) is 0 Å². The standard InChI is InChI=1S/C14H20N4S2/c1-5-15-9-11-6-7-12(10(2)8-11)19-14-17-16-13(20-14)18(3)4/h6-8,15H,5,9H2,1-4H3. The molecule has 6 heteroatoms. The van der Waals surface area contributed by atoms with Gasteiger partial charge >= 0.3 is 0 Å². The van der Waals surface area contributed by atoms with Gasteiger partial charge in [-0.2, -0.15) is 0 Å². The van der Waals surface area contributed by atoms with Crippen molar-refractivity contribution in [1.29, 1.82) is 0 Å². The second-order valence-electron chi connectivity index (χ2n) is 4.73. The van der Waals surface area contributed by atoms with Crippen LogP contribution < -0.4 is 10.2 Å². The zero-order valence-electron chi connectivity index (χ0n) is 12.3. The maximum Gasteiger partial charge on any atom is 0.208 e. The molecule has 0 bridgehead atoms. The Morgan fingerprint density at radius 1 is 1.30 bits per heavy atom. The van der Waals surface area contributed by atoms with Crippen LogP contribution in [0.15, 0.2) is 27.4 Å². The average molecular weight is 308 g/mol. The summed E-state index contributed by atoms with van der Waals surface area (Å²) in [6.07, 6.45) is 0. The van der Waals surface area contributed by atoms with Gasteiger partial charge in [-0.05, 0) is 30.7 Å². The van der Waals surface area contributed by atoms with Gasteiger partial charge in [-0.25, -0.2) is 0 Å². The van der Waals surface area contributed by atoms with Crippen LogP contribution in [0.5, 0.6) is 0 Å². The van der Waals surface area contributed by atoms with E-state index >= 15 is 0 Å². The van der Waals surface area contributed by atoms with Gasteiger partial charge in [0.1, 0.15) is 0 Å². The lowest BCUT2D eigenvalue weighted by atomic mass is 10.1. The highest BCUT2D eigenvalue weighted by atomic mass is 32.2. The van der Waals surface area contributed by atoms with Gasteiger partial charge in [-0.3, -0.25) is 0 Å². The molecule has 0 aliphatic carbocycles. The second-order valence-corrected chi connectivity index (χ2v) is 6.97. The highest BCUT2D eigenvalue weighted by Gasteiger charge is 2.09. The Kier molecular flexibility index (Phi) is 5.39. The normalized spacial score (nSPS) is 10.8. The molecule has 2 aromatic rings. The molecule has 108 valence electrons. The van der Waals surface area contributed by atoms with Crippen molar-refractivity contribution in [3.63, 3.8) is 0 Å². The molecule has 0 aliphatic heterocycles. The molecule has 2 rings (SSSR count). The van der Waals surface area contributed by atoms with Crippen molar-refractivity contribution < 1.29 is 0 Å². The summed E-state index contributed by atoms with van der Waals surface area (Å²) in [6.45, 7) is 6.18. The molecule has 0 saturated carbocycles. The molecule has 1 heterocycles. The number of aryl methyl sites for hydroxylation is 1. The van der Waals surface area contributed by atoms with Crippen LogP contribution in [0.4, 0.5) is 5.13 Å². The summed E-state index contributed by atoms with van der Waals surface area (Å²) < 4.78 is 0.983. The van der Waals surface area contributed by atoms with Crippen LogP contribution in [-0.4, -0.2) is 30.8 Å². The molecule has 1 N–H and O–H groups in total. The minimum absolute atomic E-state index is 0.922. The first-order valence-electron chi connectivity index (χ1n) is 6.59. The number of benzene rings is 1. The van der Waals surface area contributed by atoms with Crippen LogP contribution in [0.25, 0.3) is 0 Å². The van der Waals surface area contributed by atoms with Crippen LogP contribution in [0.2, 0.25) is 0 Å². The van der Waals surface area contributed by atoms with E-state index in [1.165, 1.54) is 16.0 Å². The Balaban J connectivity index is 2.08. The highest BCUT2D eigenvalue weighted by Crippen LogP contribution is 2.34. The van der Waals surface area contributed by atoms with Crippen LogP contribution in [0.3, 0.4) is 0 Å². The van der Waals surface area contributed by atoms with E-state index in [4.69, 9.17) is 0 Å². The first kappa shape index (κ1) is 15.3. The average Bonchev–Trinajstić information content (AvgIpc) is 2.88. The smallest absolute Gasteiger partial charge is 0.208 e. The number of nitrogens with one attached hydrogen (secondary N) is 1. The molecule has 1 aromatic heterocycles. The third-order valence-electron chi connectivity index (χ3n) is 2.79. The monoisotopic (exact) mass is 308 g/mol. The fourth-order valence-corrected chi connectivity index (χ4v) is 3.51. The molecule has 0 fully saturated rings. The Labute approximate surface area is 128 Å². The molecule has 0 atom stereocenters. The van der Waals surface area contributed by atoms with Crippen molar-refractivity contribution in [1.82, 2.24) is 15.5 Å². The fourth-order valence-electron chi connectivity index (χ4n) is 1.72. The molecular formula is C14H20N4S2. The van der Waals surface area contributed by atoms with E-state index in [0.29, 0.717) is 0 Å². The molecule has 1 aromatic carbocycles. The predicted molar refractivity (Wildman–Crippen MR) is 86.9 cm³/mol. The van der Waals surface area contributed by atoms with Gasteiger partial charge < -0.3 is 10.2 Å². The SMILES string of the molecule is CCNCc1ccc(Sc2nnc(N(C)C)s2)c(C)c1. The number of hydrogen-bond donors (Lipinski definition) is 1. The third kappa shape index (κ3) is 3.94. The van der Waals surface area contributed by atoms with Gasteiger partial charge in [-0.15, -0.1) is 10.2 Å². The van der Waals surface area contributed by atoms with E-state index in [0.717, 1.165) is 22.6 Å². The number of anilines is 1. The molecule has 0 amide bonds. The van der Waals surface area contributed by atoms with E-state index in [1.807, 2.05) is 19.0 Å². The summed E-state index contributed by atoms with van der Waals surface area (Å²) in [4.78, 5) is 3.22. The minimum atomic E-state index is 0.922. The van der Waals surface area contributed by atoms with Crippen molar-refractivity contribution in [2.24, 2.45) is 0 Å². The molecule has 0 saturated heterocycles. The van der Waals surface area contributed by atoms with E-state index < -0.39 is 0 Å². The summed E-state index contributed by atoms with van der Waals surface area (Å²) in [5.41, 5.74) is 2.60. The van der Waals surface area contributed by atoms with Gasteiger partial charge in [0.25, 0.3) is 0 Å². The summed E-state index contributed by atoms with van der Waals surface area (Å²) in [7, 11) is 3.96. The molecule has 0 unspecified atom stereocenters. The lowest BCUT2D eigenvalue weighted by molar-refractivity contribution is 0.726. The topological polar surface area (TPSA) is 41.1 Å². The van der Waals surface area contributed by atoms with Crippen molar-refractivity contribution in [2.45, 2.75) is 29.6 Å². The Hall–Kier alpha value is -1.11. The number of hydrogen-bond acceptors (Lipinski definition) is 6.